The van der Waals surface area contributed by atoms with E-state index in [1.807, 2.05) is 19.3 Å². The first kappa shape index (κ1) is 12.2. The second-order valence-electron chi connectivity index (χ2n) is 3.83. The number of hydrogen-bond donors (Lipinski definition) is 1. The van der Waals surface area contributed by atoms with Crippen LogP contribution < -0.4 is 0 Å². The van der Waals surface area contributed by atoms with Crippen LogP contribution in [-0.4, -0.2) is 31.7 Å². The van der Waals surface area contributed by atoms with Crippen molar-refractivity contribution in [1.29, 1.82) is 0 Å². The molecule has 17 heavy (non-hydrogen) atoms. The molecule has 0 radical (unpaired) electrons. The van der Waals surface area contributed by atoms with Gasteiger partial charge in [0.05, 0.1) is 12.2 Å². The van der Waals surface area contributed by atoms with Gasteiger partial charge in [0, 0.05) is 25.4 Å². The number of aliphatic hydroxyl groups excluding tert-OH is 1. The predicted octanol–water partition coefficient (Wildman–Crippen LogP) is 1.33. The van der Waals surface area contributed by atoms with Gasteiger partial charge in [0.15, 0.2) is 0 Å². The topological polar surface area (TPSA) is 63.8 Å². The van der Waals surface area contributed by atoms with Gasteiger partial charge in [-0.1, -0.05) is 5.21 Å². The lowest BCUT2D eigenvalue weighted by Crippen LogP contribution is -2.01. The highest BCUT2D eigenvalue weighted by Crippen LogP contribution is 2.14. The molecule has 2 heterocycles. The molecule has 0 fully saturated rings. The van der Waals surface area contributed by atoms with Crippen molar-refractivity contribution in [2.24, 2.45) is 0 Å². The van der Waals surface area contributed by atoms with Gasteiger partial charge < -0.3 is 5.11 Å². The molecule has 0 unspecified atom stereocenters. The molecule has 0 bridgehead atoms. The lowest BCUT2D eigenvalue weighted by Gasteiger charge is -2.03. The van der Waals surface area contributed by atoms with E-state index in [1.165, 1.54) is 0 Å². The van der Waals surface area contributed by atoms with Crippen LogP contribution in [0.1, 0.15) is 16.8 Å². The number of aryl methyl sites for hydroxylation is 1. The third kappa shape index (κ3) is 3.10. The summed E-state index contributed by atoms with van der Waals surface area (Å²) in [5.41, 5.74) is 2.97. The number of nitrogens with zero attached hydrogens (tertiary/aromatic N) is 4. The fourth-order valence-corrected chi connectivity index (χ4v) is 1.75. The zero-order valence-corrected chi connectivity index (χ0v) is 11.1. The maximum atomic E-state index is 8.79. The minimum absolute atomic E-state index is 0.0949. The summed E-state index contributed by atoms with van der Waals surface area (Å²) >= 11 is 3.37. The Hall–Kier alpha value is -1.27. The third-order valence-corrected chi connectivity index (χ3v) is 3.20. The van der Waals surface area contributed by atoms with Crippen LogP contribution in [0, 0.1) is 6.92 Å². The largest absolute Gasteiger partial charge is 0.396 e. The van der Waals surface area contributed by atoms with E-state index in [2.05, 4.69) is 37.3 Å². The summed E-state index contributed by atoms with van der Waals surface area (Å²) in [4.78, 5) is 4.23. The molecule has 0 aliphatic rings. The molecular formula is C11H13BrN4O. The van der Waals surface area contributed by atoms with Crippen LogP contribution >= 0.6 is 15.9 Å². The van der Waals surface area contributed by atoms with Gasteiger partial charge in [-0.2, -0.15) is 0 Å². The molecule has 1 N–H and O–H groups in total. The first-order valence-electron chi connectivity index (χ1n) is 5.30. The molecular weight excluding hydrogens is 284 g/mol. The number of pyridine rings is 1. The van der Waals surface area contributed by atoms with Crippen molar-refractivity contribution >= 4 is 15.9 Å². The minimum atomic E-state index is 0.0949. The molecule has 2 aromatic rings. The highest BCUT2D eigenvalue weighted by molar-refractivity contribution is 9.10. The lowest BCUT2D eigenvalue weighted by molar-refractivity contribution is 0.298. The van der Waals surface area contributed by atoms with Gasteiger partial charge in [-0.25, -0.2) is 9.67 Å². The van der Waals surface area contributed by atoms with Crippen molar-refractivity contribution in [3.05, 3.63) is 39.9 Å². The normalized spacial score (nSPS) is 10.8. The summed E-state index contributed by atoms with van der Waals surface area (Å²) in [6, 6.07) is 2.06. The van der Waals surface area contributed by atoms with Gasteiger partial charge in [0.1, 0.15) is 4.60 Å². The second kappa shape index (κ2) is 5.37. The van der Waals surface area contributed by atoms with Crippen LogP contribution in [0.2, 0.25) is 0 Å². The standard InChI is InChI=1S/C11H13BrN4O/c1-8-4-9(5-13-11(8)12)6-16-7-10(2-3-17)14-15-16/h4-5,7,17H,2-3,6H2,1H3. The van der Waals surface area contributed by atoms with Crippen LogP contribution in [0.15, 0.2) is 23.1 Å². The zero-order valence-electron chi connectivity index (χ0n) is 9.47. The molecule has 0 spiro atoms. The Morgan fingerprint density at radius 2 is 2.29 bits per heavy atom. The molecule has 2 rings (SSSR count). The van der Waals surface area contributed by atoms with Gasteiger partial charge in [0.25, 0.3) is 0 Å². The highest BCUT2D eigenvalue weighted by atomic mass is 79.9. The van der Waals surface area contributed by atoms with E-state index < -0.39 is 0 Å². The second-order valence-corrected chi connectivity index (χ2v) is 4.58. The Morgan fingerprint density at radius 3 is 3.00 bits per heavy atom. The number of rotatable bonds is 4. The van der Waals surface area contributed by atoms with E-state index in [0.717, 1.165) is 21.4 Å². The van der Waals surface area contributed by atoms with Crippen LogP contribution in [0.4, 0.5) is 0 Å². The van der Waals surface area contributed by atoms with E-state index >= 15 is 0 Å². The Labute approximate surface area is 108 Å². The third-order valence-electron chi connectivity index (χ3n) is 2.37. The maximum absolute atomic E-state index is 8.79. The fraction of sp³-hybridized carbons (Fsp3) is 0.364. The van der Waals surface area contributed by atoms with E-state index in [0.29, 0.717) is 13.0 Å². The van der Waals surface area contributed by atoms with Crippen molar-refractivity contribution < 1.29 is 5.11 Å². The van der Waals surface area contributed by atoms with Gasteiger partial charge in [-0.15, -0.1) is 5.10 Å². The molecule has 90 valence electrons. The molecule has 0 atom stereocenters. The van der Waals surface area contributed by atoms with Crippen LogP contribution in [0.5, 0.6) is 0 Å². The van der Waals surface area contributed by atoms with Crippen molar-refractivity contribution in [2.75, 3.05) is 6.61 Å². The Balaban J connectivity index is 2.11. The van der Waals surface area contributed by atoms with E-state index in [9.17, 15) is 0 Å². The number of aromatic nitrogens is 4. The van der Waals surface area contributed by atoms with Crippen LogP contribution in [-0.2, 0) is 13.0 Å². The first-order chi connectivity index (χ1) is 8.19. The molecule has 2 aromatic heterocycles. The van der Waals surface area contributed by atoms with E-state index in [-0.39, 0.29) is 6.61 Å². The van der Waals surface area contributed by atoms with Gasteiger partial charge in [0.2, 0.25) is 0 Å². The quantitative estimate of drug-likeness (QED) is 0.865. The highest BCUT2D eigenvalue weighted by Gasteiger charge is 2.03. The number of aliphatic hydroxyl groups is 1. The molecule has 0 aromatic carbocycles. The van der Waals surface area contributed by atoms with Crippen molar-refractivity contribution in [3.63, 3.8) is 0 Å². The van der Waals surface area contributed by atoms with Crippen LogP contribution in [0.25, 0.3) is 0 Å². The van der Waals surface area contributed by atoms with Crippen molar-refractivity contribution in [3.8, 4) is 0 Å². The minimum Gasteiger partial charge on any atom is -0.396 e. The fourth-order valence-electron chi connectivity index (χ4n) is 1.53. The van der Waals surface area contributed by atoms with Gasteiger partial charge in [-0.05, 0) is 40.0 Å². The summed E-state index contributed by atoms with van der Waals surface area (Å²) in [6.07, 6.45) is 4.19. The van der Waals surface area contributed by atoms with E-state index in [4.69, 9.17) is 5.11 Å². The Bertz CT molecular complexity index is 512. The molecule has 6 heteroatoms. The smallest absolute Gasteiger partial charge is 0.108 e. The first-order valence-corrected chi connectivity index (χ1v) is 6.09. The summed E-state index contributed by atoms with van der Waals surface area (Å²) in [5, 5.41) is 16.8. The monoisotopic (exact) mass is 296 g/mol. The number of halogens is 1. The zero-order chi connectivity index (χ0) is 12.3. The molecule has 0 amide bonds. The molecule has 0 saturated heterocycles. The summed E-state index contributed by atoms with van der Waals surface area (Å²) in [6.45, 7) is 2.73. The van der Waals surface area contributed by atoms with Gasteiger partial charge >= 0.3 is 0 Å². The molecule has 5 nitrogen and oxygen atoms in total. The average Bonchev–Trinajstić information content (AvgIpc) is 2.72. The SMILES string of the molecule is Cc1cc(Cn2cc(CCO)nn2)cnc1Br. The average molecular weight is 297 g/mol. The Kier molecular flexibility index (Phi) is 3.86. The van der Waals surface area contributed by atoms with E-state index in [1.54, 1.807) is 4.68 Å². The molecule has 0 aliphatic heterocycles. The predicted molar refractivity (Wildman–Crippen MR) is 66.6 cm³/mol. The molecule has 0 saturated carbocycles. The summed E-state index contributed by atoms with van der Waals surface area (Å²) < 4.78 is 2.61. The van der Waals surface area contributed by atoms with Gasteiger partial charge in [-0.3, -0.25) is 0 Å². The summed E-state index contributed by atoms with van der Waals surface area (Å²) in [5.74, 6) is 0. The Morgan fingerprint density at radius 1 is 1.47 bits per heavy atom. The maximum Gasteiger partial charge on any atom is 0.108 e. The van der Waals surface area contributed by atoms with Crippen molar-refractivity contribution in [1.82, 2.24) is 20.0 Å². The van der Waals surface area contributed by atoms with Crippen LogP contribution in [0.3, 0.4) is 0 Å². The molecule has 0 aliphatic carbocycles. The number of hydrogen-bond acceptors (Lipinski definition) is 4. The van der Waals surface area contributed by atoms with Crippen molar-refractivity contribution in [2.45, 2.75) is 19.9 Å². The lowest BCUT2D eigenvalue weighted by atomic mass is 10.2. The summed E-state index contributed by atoms with van der Waals surface area (Å²) in [7, 11) is 0.